The van der Waals surface area contributed by atoms with Crippen LogP contribution in [0.3, 0.4) is 0 Å². The lowest BCUT2D eigenvalue weighted by atomic mass is 10.0. The molecule has 2 aromatic rings. The molecule has 0 aliphatic carbocycles. The lowest BCUT2D eigenvalue weighted by Gasteiger charge is -2.13. The third-order valence-electron chi connectivity index (χ3n) is 2.81. The zero-order valence-electron chi connectivity index (χ0n) is 10.0. The number of furan rings is 1. The molecule has 90 valence electrons. The molecule has 0 spiro atoms. The van der Waals surface area contributed by atoms with E-state index in [2.05, 4.69) is 5.32 Å². The van der Waals surface area contributed by atoms with Crippen molar-refractivity contribution in [2.45, 2.75) is 19.4 Å². The van der Waals surface area contributed by atoms with Crippen LogP contribution >= 0.6 is 11.6 Å². The summed E-state index contributed by atoms with van der Waals surface area (Å²) in [7, 11) is 1.94. The Balaban J connectivity index is 2.12. The van der Waals surface area contributed by atoms with Crippen molar-refractivity contribution in [1.29, 1.82) is 0 Å². The van der Waals surface area contributed by atoms with Crippen LogP contribution in [0.1, 0.15) is 23.1 Å². The van der Waals surface area contributed by atoms with Crippen molar-refractivity contribution in [2.75, 3.05) is 7.05 Å². The smallest absolute Gasteiger partial charge is 0.121 e. The second kappa shape index (κ2) is 5.39. The fraction of sp³-hybridized carbons (Fsp3) is 0.286. The Morgan fingerprint density at radius 3 is 2.41 bits per heavy atom. The van der Waals surface area contributed by atoms with E-state index in [1.165, 1.54) is 5.56 Å². The maximum atomic E-state index is 5.87. The van der Waals surface area contributed by atoms with E-state index < -0.39 is 0 Å². The van der Waals surface area contributed by atoms with Crippen molar-refractivity contribution < 1.29 is 4.42 Å². The largest absolute Gasteiger partial charge is 0.465 e. The van der Waals surface area contributed by atoms with E-state index in [0.29, 0.717) is 0 Å². The van der Waals surface area contributed by atoms with Crippen LogP contribution in [0.25, 0.3) is 0 Å². The minimum atomic E-state index is 0.199. The van der Waals surface area contributed by atoms with Gasteiger partial charge in [0.05, 0.1) is 6.04 Å². The molecular weight excluding hydrogens is 234 g/mol. The van der Waals surface area contributed by atoms with Crippen LogP contribution in [0.2, 0.25) is 5.02 Å². The van der Waals surface area contributed by atoms with Crippen molar-refractivity contribution in [1.82, 2.24) is 5.32 Å². The van der Waals surface area contributed by atoms with Gasteiger partial charge in [0, 0.05) is 5.02 Å². The average molecular weight is 250 g/mol. The van der Waals surface area contributed by atoms with Gasteiger partial charge in [-0.3, -0.25) is 0 Å². The molecule has 0 aliphatic rings. The highest BCUT2D eigenvalue weighted by molar-refractivity contribution is 6.30. The van der Waals surface area contributed by atoms with Gasteiger partial charge in [-0.25, -0.2) is 0 Å². The van der Waals surface area contributed by atoms with Gasteiger partial charge in [0.2, 0.25) is 0 Å². The maximum absolute atomic E-state index is 5.87. The summed E-state index contributed by atoms with van der Waals surface area (Å²) in [6, 6.07) is 12.1. The van der Waals surface area contributed by atoms with Crippen molar-refractivity contribution in [3.63, 3.8) is 0 Å². The Morgan fingerprint density at radius 1 is 1.18 bits per heavy atom. The van der Waals surface area contributed by atoms with Crippen molar-refractivity contribution in [2.24, 2.45) is 0 Å². The fourth-order valence-corrected chi connectivity index (χ4v) is 1.97. The van der Waals surface area contributed by atoms with Gasteiger partial charge in [0.25, 0.3) is 0 Å². The van der Waals surface area contributed by atoms with Gasteiger partial charge in [-0.1, -0.05) is 23.7 Å². The van der Waals surface area contributed by atoms with Gasteiger partial charge in [-0.05, 0) is 50.2 Å². The summed E-state index contributed by atoms with van der Waals surface area (Å²) in [6.07, 6.45) is 0.890. The van der Waals surface area contributed by atoms with Crippen LogP contribution in [0, 0.1) is 6.92 Å². The van der Waals surface area contributed by atoms with Crippen molar-refractivity contribution in [3.05, 3.63) is 58.5 Å². The normalized spacial score (nSPS) is 12.6. The van der Waals surface area contributed by atoms with E-state index in [0.717, 1.165) is 23.0 Å². The summed E-state index contributed by atoms with van der Waals surface area (Å²) < 4.78 is 5.64. The van der Waals surface area contributed by atoms with Gasteiger partial charge < -0.3 is 9.73 Å². The number of hydrogen-bond acceptors (Lipinski definition) is 2. The number of hydrogen-bond donors (Lipinski definition) is 1. The molecule has 0 aliphatic heterocycles. The molecular formula is C14H16ClNO. The summed E-state index contributed by atoms with van der Waals surface area (Å²) in [5.74, 6) is 1.91. The van der Waals surface area contributed by atoms with E-state index >= 15 is 0 Å². The average Bonchev–Trinajstić information content (AvgIpc) is 2.75. The molecule has 2 nitrogen and oxygen atoms in total. The van der Waals surface area contributed by atoms with Gasteiger partial charge in [-0.2, -0.15) is 0 Å². The molecule has 1 atom stereocenters. The Labute approximate surface area is 107 Å². The van der Waals surface area contributed by atoms with Crippen molar-refractivity contribution in [3.8, 4) is 0 Å². The molecule has 0 amide bonds. The lowest BCUT2D eigenvalue weighted by molar-refractivity contribution is 0.414. The van der Waals surface area contributed by atoms with Crippen molar-refractivity contribution >= 4 is 11.6 Å². The van der Waals surface area contributed by atoms with E-state index in [4.69, 9.17) is 16.0 Å². The minimum Gasteiger partial charge on any atom is -0.465 e. The summed E-state index contributed by atoms with van der Waals surface area (Å²) in [5.41, 5.74) is 1.24. The Morgan fingerprint density at radius 2 is 1.88 bits per heavy atom. The third-order valence-corrected chi connectivity index (χ3v) is 3.06. The topological polar surface area (TPSA) is 25.2 Å². The first kappa shape index (κ1) is 12.2. The van der Waals surface area contributed by atoms with E-state index in [1.807, 2.05) is 50.4 Å². The fourth-order valence-electron chi connectivity index (χ4n) is 1.84. The Bertz CT molecular complexity index is 475. The lowest BCUT2D eigenvalue weighted by Crippen LogP contribution is -2.18. The quantitative estimate of drug-likeness (QED) is 0.893. The number of likely N-dealkylation sites (N-methyl/N-ethyl adjacent to an activating group) is 1. The predicted octanol–water partition coefficient (Wildman–Crippen LogP) is 3.74. The Hall–Kier alpha value is -1.25. The van der Waals surface area contributed by atoms with Gasteiger partial charge >= 0.3 is 0 Å². The summed E-state index contributed by atoms with van der Waals surface area (Å²) in [4.78, 5) is 0. The molecule has 3 heteroatoms. The Kier molecular flexibility index (Phi) is 3.87. The number of benzene rings is 1. The van der Waals surface area contributed by atoms with E-state index in [1.54, 1.807) is 0 Å². The van der Waals surface area contributed by atoms with Gasteiger partial charge in [-0.15, -0.1) is 0 Å². The molecule has 1 aromatic carbocycles. The van der Waals surface area contributed by atoms with Crippen LogP contribution in [-0.4, -0.2) is 7.05 Å². The second-order valence-electron chi connectivity index (χ2n) is 4.12. The SMILES string of the molecule is CNC(Cc1ccc(Cl)cc1)c1ccc(C)o1. The van der Waals surface area contributed by atoms with Gasteiger partial charge in [0.15, 0.2) is 0 Å². The monoisotopic (exact) mass is 249 g/mol. The number of rotatable bonds is 4. The highest BCUT2D eigenvalue weighted by Gasteiger charge is 2.13. The molecule has 2 rings (SSSR count). The molecule has 0 bridgehead atoms. The zero-order chi connectivity index (χ0) is 12.3. The molecule has 17 heavy (non-hydrogen) atoms. The number of halogens is 1. The molecule has 1 heterocycles. The number of nitrogens with one attached hydrogen (secondary N) is 1. The predicted molar refractivity (Wildman–Crippen MR) is 70.4 cm³/mol. The molecule has 0 fully saturated rings. The maximum Gasteiger partial charge on any atom is 0.121 e. The van der Waals surface area contributed by atoms with Crippen LogP contribution in [0.4, 0.5) is 0 Å². The van der Waals surface area contributed by atoms with E-state index in [-0.39, 0.29) is 6.04 Å². The molecule has 0 saturated carbocycles. The molecule has 1 N–H and O–H groups in total. The van der Waals surface area contributed by atoms with Crippen LogP contribution in [0.15, 0.2) is 40.8 Å². The zero-order valence-corrected chi connectivity index (χ0v) is 10.8. The first-order valence-corrected chi connectivity index (χ1v) is 6.05. The first-order chi connectivity index (χ1) is 8.19. The second-order valence-corrected chi connectivity index (χ2v) is 4.56. The van der Waals surface area contributed by atoms with Crippen LogP contribution < -0.4 is 5.32 Å². The highest BCUT2D eigenvalue weighted by Crippen LogP contribution is 2.21. The number of aryl methyl sites for hydroxylation is 1. The third kappa shape index (κ3) is 3.11. The molecule has 0 saturated heterocycles. The summed E-state index contributed by atoms with van der Waals surface area (Å²) >= 11 is 5.87. The standard InChI is InChI=1S/C14H16ClNO/c1-10-3-8-14(17-10)13(16-2)9-11-4-6-12(15)7-5-11/h3-8,13,16H,9H2,1-2H3. The molecule has 1 unspecified atom stereocenters. The summed E-state index contributed by atoms with van der Waals surface area (Å²) in [6.45, 7) is 1.96. The summed E-state index contributed by atoms with van der Waals surface area (Å²) in [5, 5.41) is 4.04. The van der Waals surface area contributed by atoms with Crippen LogP contribution in [-0.2, 0) is 6.42 Å². The van der Waals surface area contributed by atoms with Crippen LogP contribution in [0.5, 0.6) is 0 Å². The van der Waals surface area contributed by atoms with E-state index in [9.17, 15) is 0 Å². The minimum absolute atomic E-state index is 0.199. The highest BCUT2D eigenvalue weighted by atomic mass is 35.5. The van der Waals surface area contributed by atoms with Gasteiger partial charge in [0.1, 0.15) is 11.5 Å². The molecule has 1 aromatic heterocycles. The molecule has 0 radical (unpaired) electrons. The first-order valence-electron chi connectivity index (χ1n) is 5.67.